The first-order chi connectivity index (χ1) is 12.9. The lowest BCUT2D eigenvalue weighted by molar-refractivity contribution is -0.117. The van der Waals surface area contributed by atoms with Crippen LogP contribution in [0.3, 0.4) is 0 Å². The van der Waals surface area contributed by atoms with Crippen LogP contribution >= 0.6 is 0 Å². The highest BCUT2D eigenvalue weighted by Crippen LogP contribution is 2.15. The van der Waals surface area contributed by atoms with Gasteiger partial charge in [-0.05, 0) is 38.1 Å². The summed E-state index contributed by atoms with van der Waals surface area (Å²) in [6.07, 6.45) is 0. The van der Waals surface area contributed by atoms with Gasteiger partial charge in [0.05, 0.1) is 12.2 Å². The second-order valence-electron chi connectivity index (χ2n) is 7.06. The van der Waals surface area contributed by atoms with Gasteiger partial charge in [-0.2, -0.15) is 0 Å². The monoisotopic (exact) mass is 376 g/mol. The van der Waals surface area contributed by atoms with Gasteiger partial charge in [0.1, 0.15) is 11.6 Å². The third kappa shape index (κ3) is 5.14. The lowest BCUT2D eigenvalue weighted by Gasteiger charge is -2.34. The molecule has 0 aliphatic carbocycles. The zero-order valence-electron chi connectivity index (χ0n) is 15.8. The molecule has 1 aromatic carbocycles. The molecule has 2 aromatic rings. The molecule has 1 aromatic heterocycles. The fourth-order valence-electron chi connectivity index (χ4n) is 3.45. The van der Waals surface area contributed by atoms with Crippen molar-refractivity contribution in [3.05, 3.63) is 53.4 Å². The molecule has 0 saturated carbocycles. The molecule has 0 bridgehead atoms. The van der Waals surface area contributed by atoms with Crippen LogP contribution in [0.25, 0.3) is 0 Å². The Morgan fingerprint density at radius 1 is 0.963 bits per heavy atom. The van der Waals surface area contributed by atoms with E-state index >= 15 is 0 Å². The Balaban J connectivity index is 1.42. The van der Waals surface area contributed by atoms with Crippen molar-refractivity contribution >= 4 is 11.6 Å². The largest absolute Gasteiger partial charge is 0.348 e. The fraction of sp³-hybridized carbons (Fsp3) is 0.450. The number of carbonyl (C=O) groups excluding carboxylic acids is 1. The maximum absolute atomic E-state index is 13.6. The van der Waals surface area contributed by atoms with Crippen LogP contribution < -0.4 is 5.32 Å². The quantitative estimate of drug-likeness (QED) is 0.843. The summed E-state index contributed by atoms with van der Waals surface area (Å²) in [5.74, 6) is -1.71. The predicted octanol–water partition coefficient (Wildman–Crippen LogP) is 2.64. The van der Waals surface area contributed by atoms with E-state index in [0.717, 1.165) is 51.4 Å². The van der Waals surface area contributed by atoms with Crippen LogP contribution in [0.4, 0.5) is 14.5 Å². The highest BCUT2D eigenvalue weighted by atomic mass is 19.1. The van der Waals surface area contributed by atoms with Crippen LogP contribution in [-0.4, -0.2) is 59.5 Å². The number of rotatable bonds is 6. The van der Waals surface area contributed by atoms with Gasteiger partial charge in [-0.1, -0.05) is 0 Å². The Morgan fingerprint density at radius 2 is 1.59 bits per heavy atom. The molecular formula is C20H26F2N4O. The van der Waals surface area contributed by atoms with Crippen molar-refractivity contribution in [2.24, 2.45) is 0 Å². The van der Waals surface area contributed by atoms with Crippen LogP contribution in [0.15, 0.2) is 30.3 Å². The summed E-state index contributed by atoms with van der Waals surface area (Å²) < 4.78 is 28.9. The highest BCUT2D eigenvalue weighted by molar-refractivity contribution is 5.92. The predicted molar refractivity (Wildman–Crippen MR) is 102 cm³/mol. The number of carbonyl (C=O) groups is 1. The van der Waals surface area contributed by atoms with E-state index in [1.54, 1.807) is 0 Å². The number of aromatic nitrogens is 1. The number of nitrogens with zero attached hydrogens (tertiary/aromatic N) is 3. The molecule has 2 heterocycles. The van der Waals surface area contributed by atoms with Crippen molar-refractivity contribution in [1.82, 2.24) is 14.4 Å². The number of hydrogen-bond donors (Lipinski definition) is 1. The first kappa shape index (κ1) is 19.5. The molecule has 146 valence electrons. The number of aryl methyl sites for hydroxylation is 2. The number of halogens is 2. The van der Waals surface area contributed by atoms with Crippen molar-refractivity contribution in [3.8, 4) is 0 Å². The Kier molecular flexibility index (Phi) is 6.23. The third-order valence-electron chi connectivity index (χ3n) is 5.09. The van der Waals surface area contributed by atoms with Gasteiger partial charge < -0.3 is 9.88 Å². The number of hydrogen-bond acceptors (Lipinski definition) is 3. The van der Waals surface area contributed by atoms with E-state index in [-0.39, 0.29) is 18.1 Å². The molecular weight excluding hydrogens is 350 g/mol. The molecule has 5 nitrogen and oxygen atoms in total. The van der Waals surface area contributed by atoms with Crippen LogP contribution in [0.5, 0.6) is 0 Å². The van der Waals surface area contributed by atoms with E-state index in [4.69, 9.17) is 0 Å². The molecule has 1 aliphatic rings. The van der Waals surface area contributed by atoms with E-state index in [2.05, 4.69) is 45.7 Å². The smallest absolute Gasteiger partial charge is 0.238 e. The van der Waals surface area contributed by atoms with E-state index < -0.39 is 11.6 Å². The first-order valence-electron chi connectivity index (χ1n) is 9.25. The zero-order chi connectivity index (χ0) is 19.4. The number of nitrogens with one attached hydrogen (secondary N) is 1. The molecule has 1 N–H and O–H groups in total. The van der Waals surface area contributed by atoms with Crippen molar-refractivity contribution in [2.45, 2.75) is 20.4 Å². The molecule has 0 radical (unpaired) electrons. The van der Waals surface area contributed by atoms with Gasteiger partial charge in [0.15, 0.2) is 0 Å². The fourth-order valence-corrected chi connectivity index (χ4v) is 3.45. The Bertz CT molecular complexity index is 778. The summed E-state index contributed by atoms with van der Waals surface area (Å²) in [7, 11) is 0. The van der Waals surface area contributed by atoms with Gasteiger partial charge >= 0.3 is 0 Å². The summed E-state index contributed by atoms with van der Waals surface area (Å²) in [5.41, 5.74) is 2.56. The Morgan fingerprint density at radius 3 is 2.22 bits per heavy atom. The maximum atomic E-state index is 13.6. The lowest BCUT2D eigenvalue weighted by Crippen LogP contribution is -2.49. The van der Waals surface area contributed by atoms with Gasteiger partial charge in [-0.15, -0.1) is 0 Å². The second-order valence-corrected chi connectivity index (χ2v) is 7.06. The first-order valence-corrected chi connectivity index (χ1v) is 9.25. The summed E-state index contributed by atoms with van der Waals surface area (Å²) in [4.78, 5) is 16.6. The van der Waals surface area contributed by atoms with Crippen molar-refractivity contribution in [3.63, 3.8) is 0 Å². The summed E-state index contributed by atoms with van der Waals surface area (Å²) in [6, 6.07) is 7.41. The van der Waals surface area contributed by atoms with Gasteiger partial charge in [-0.25, -0.2) is 8.78 Å². The molecule has 0 unspecified atom stereocenters. The van der Waals surface area contributed by atoms with Crippen molar-refractivity contribution in [1.29, 1.82) is 0 Å². The molecule has 0 spiro atoms. The summed E-state index contributed by atoms with van der Waals surface area (Å²) in [5, 5.41) is 2.51. The molecule has 1 fully saturated rings. The van der Waals surface area contributed by atoms with Gasteiger partial charge in [0.25, 0.3) is 0 Å². The average molecular weight is 376 g/mol. The number of piperazine rings is 1. The molecule has 7 heteroatoms. The minimum Gasteiger partial charge on any atom is -0.348 e. The Hall–Kier alpha value is -2.25. The molecule has 0 atom stereocenters. The highest BCUT2D eigenvalue weighted by Gasteiger charge is 2.19. The minimum absolute atomic E-state index is 0.0116. The minimum atomic E-state index is -0.760. The standard InChI is InChI=1S/C20H26F2N4O/c1-15-3-4-16(2)26(15)12-11-24-7-9-25(10-8-24)14-20(27)23-19-6-5-17(21)13-18(19)22/h3-6,13H,7-12,14H2,1-2H3,(H,23,27). The van der Waals surface area contributed by atoms with Gasteiger partial charge in [0, 0.05) is 56.7 Å². The van der Waals surface area contributed by atoms with Crippen molar-refractivity contribution in [2.75, 3.05) is 44.6 Å². The SMILES string of the molecule is Cc1ccc(C)n1CCN1CCN(CC(=O)Nc2ccc(F)cc2F)CC1. The number of anilines is 1. The molecule has 1 saturated heterocycles. The number of amides is 1. The van der Waals surface area contributed by atoms with Crippen LogP contribution in [0.2, 0.25) is 0 Å². The lowest BCUT2D eigenvalue weighted by atomic mass is 10.2. The molecule has 1 aliphatic heterocycles. The third-order valence-corrected chi connectivity index (χ3v) is 5.09. The Labute approximate surface area is 158 Å². The zero-order valence-corrected chi connectivity index (χ0v) is 15.8. The summed E-state index contributed by atoms with van der Waals surface area (Å²) >= 11 is 0. The van der Waals surface area contributed by atoms with Gasteiger partial charge in [-0.3, -0.25) is 14.6 Å². The summed E-state index contributed by atoms with van der Waals surface area (Å²) in [6.45, 7) is 9.79. The molecule has 3 rings (SSSR count). The second kappa shape index (κ2) is 8.63. The number of benzene rings is 1. The topological polar surface area (TPSA) is 40.5 Å². The maximum Gasteiger partial charge on any atom is 0.238 e. The normalized spacial score (nSPS) is 15.9. The van der Waals surface area contributed by atoms with Gasteiger partial charge in [0.2, 0.25) is 5.91 Å². The average Bonchev–Trinajstić information content (AvgIpc) is 2.95. The van der Waals surface area contributed by atoms with E-state index in [0.29, 0.717) is 0 Å². The van der Waals surface area contributed by atoms with Crippen molar-refractivity contribution < 1.29 is 13.6 Å². The van der Waals surface area contributed by atoms with E-state index in [9.17, 15) is 13.6 Å². The molecule has 1 amide bonds. The van der Waals surface area contributed by atoms with Crippen LogP contribution in [-0.2, 0) is 11.3 Å². The molecule has 27 heavy (non-hydrogen) atoms. The van der Waals surface area contributed by atoms with E-state index in [1.807, 2.05) is 0 Å². The van der Waals surface area contributed by atoms with Crippen LogP contribution in [0, 0.1) is 25.5 Å². The van der Waals surface area contributed by atoms with Crippen LogP contribution in [0.1, 0.15) is 11.4 Å². The van der Waals surface area contributed by atoms with E-state index in [1.165, 1.54) is 17.5 Å².